The number of carbonyl (C=O) groups is 1. The molecule has 1 aromatic carbocycles. The van der Waals surface area contributed by atoms with E-state index in [0.717, 1.165) is 6.07 Å². The van der Waals surface area contributed by atoms with E-state index in [1.54, 1.807) is 0 Å². The largest absolute Gasteiger partial charge is 0.418 e. The number of benzene rings is 1. The Labute approximate surface area is 109 Å². The lowest BCUT2D eigenvalue weighted by Crippen LogP contribution is -2.07. The van der Waals surface area contributed by atoms with Crippen molar-refractivity contribution in [3.8, 4) is 0 Å². The van der Waals surface area contributed by atoms with Crippen LogP contribution in [0.1, 0.15) is 15.9 Å². The third-order valence-electron chi connectivity index (χ3n) is 2.46. The van der Waals surface area contributed by atoms with Crippen LogP contribution < -0.4 is 0 Å². The van der Waals surface area contributed by atoms with Crippen LogP contribution in [0.3, 0.4) is 0 Å². The van der Waals surface area contributed by atoms with Crippen LogP contribution in [-0.2, 0) is 6.18 Å². The molecule has 1 aromatic heterocycles. The Morgan fingerprint density at radius 1 is 1.33 bits per heavy atom. The number of hydrogen-bond acceptors (Lipinski definition) is 2. The summed E-state index contributed by atoms with van der Waals surface area (Å²) in [6, 6.07) is 5.19. The molecule has 0 aliphatic carbocycles. The molecule has 0 radical (unpaired) electrons. The zero-order valence-corrected chi connectivity index (χ0v) is 10.5. The van der Waals surface area contributed by atoms with Crippen LogP contribution in [0.2, 0.25) is 0 Å². The first-order valence-electron chi connectivity index (χ1n) is 4.98. The Morgan fingerprint density at radius 2 is 2.06 bits per heavy atom. The molecule has 0 saturated carbocycles. The number of pyridine rings is 1. The van der Waals surface area contributed by atoms with Crippen molar-refractivity contribution in [2.24, 2.45) is 0 Å². The highest BCUT2D eigenvalue weighted by Crippen LogP contribution is 2.33. The molecule has 0 atom stereocenters. The number of rotatable bonds is 2. The van der Waals surface area contributed by atoms with Gasteiger partial charge in [-0.3, -0.25) is 9.78 Å². The second kappa shape index (κ2) is 4.68. The minimum atomic E-state index is -4.45. The topological polar surface area (TPSA) is 30.0 Å². The first-order valence-corrected chi connectivity index (χ1v) is 6.11. The van der Waals surface area contributed by atoms with Gasteiger partial charge in [0, 0.05) is 17.1 Å². The molecule has 0 unspecified atom stereocenters. The van der Waals surface area contributed by atoms with Gasteiger partial charge in [-0.15, -0.1) is 0 Å². The van der Waals surface area contributed by atoms with E-state index >= 15 is 0 Å². The Bertz CT molecular complexity index is 610. The van der Waals surface area contributed by atoms with Gasteiger partial charge in [-0.2, -0.15) is 13.2 Å². The first kappa shape index (κ1) is 13.0. The number of carbonyl (C=O) groups excluding carboxylic acids is 1. The Kier molecular flexibility index (Phi) is 3.38. The maximum atomic E-state index is 12.7. The van der Waals surface area contributed by atoms with Crippen molar-refractivity contribution in [1.29, 1.82) is 0 Å². The van der Waals surface area contributed by atoms with Crippen molar-refractivity contribution >= 4 is 32.6 Å². The summed E-state index contributed by atoms with van der Waals surface area (Å²) in [6.07, 6.45) is -3.28. The number of Topliss-reactive ketones (excluding diaryl/α,β-unsaturated/α-hetero) is 1. The van der Waals surface area contributed by atoms with Crippen LogP contribution in [-0.4, -0.2) is 16.1 Å². The average molecular weight is 318 g/mol. The standard InChI is InChI=1S/C12H7BrF3NO/c13-5-10(18)8-4-7-2-1-3-9(12(14,15)16)11(7)17-6-8/h1-4,6H,5H2. The molecule has 2 nitrogen and oxygen atoms in total. The molecule has 0 aliphatic rings. The van der Waals surface area contributed by atoms with E-state index in [2.05, 4.69) is 20.9 Å². The Balaban J connectivity index is 2.64. The van der Waals surface area contributed by atoms with Crippen LogP contribution in [0.25, 0.3) is 10.9 Å². The third-order valence-corrected chi connectivity index (χ3v) is 2.97. The third kappa shape index (κ3) is 2.38. The number of aromatic nitrogens is 1. The molecule has 0 aliphatic heterocycles. The first-order chi connectivity index (χ1) is 8.43. The number of para-hydroxylation sites is 1. The van der Waals surface area contributed by atoms with E-state index in [-0.39, 0.29) is 16.6 Å². The van der Waals surface area contributed by atoms with Gasteiger partial charge < -0.3 is 0 Å². The Hall–Kier alpha value is -1.43. The van der Waals surface area contributed by atoms with Crippen LogP contribution in [0, 0.1) is 0 Å². The monoisotopic (exact) mass is 317 g/mol. The van der Waals surface area contributed by atoms with E-state index in [9.17, 15) is 18.0 Å². The molecule has 2 aromatic rings. The molecule has 0 bridgehead atoms. The molecule has 2 rings (SSSR count). The summed E-state index contributed by atoms with van der Waals surface area (Å²) in [5.41, 5.74) is -0.646. The molecule has 0 saturated heterocycles. The van der Waals surface area contributed by atoms with Crippen molar-refractivity contribution in [1.82, 2.24) is 4.98 Å². The smallest absolute Gasteiger partial charge is 0.293 e. The highest BCUT2D eigenvalue weighted by atomic mass is 79.9. The average Bonchev–Trinajstić information content (AvgIpc) is 2.35. The summed E-state index contributed by atoms with van der Waals surface area (Å²) in [7, 11) is 0. The zero-order chi connectivity index (χ0) is 13.3. The minimum Gasteiger partial charge on any atom is -0.293 e. The van der Waals surface area contributed by atoms with E-state index in [1.807, 2.05) is 0 Å². The van der Waals surface area contributed by atoms with Gasteiger partial charge >= 0.3 is 6.18 Å². The number of ketones is 1. The number of alkyl halides is 4. The molecule has 0 N–H and O–H groups in total. The fraction of sp³-hybridized carbons (Fsp3) is 0.167. The molecule has 18 heavy (non-hydrogen) atoms. The van der Waals surface area contributed by atoms with E-state index in [0.29, 0.717) is 10.9 Å². The predicted octanol–water partition coefficient (Wildman–Crippen LogP) is 3.83. The van der Waals surface area contributed by atoms with E-state index < -0.39 is 11.7 Å². The van der Waals surface area contributed by atoms with Crippen molar-refractivity contribution in [3.63, 3.8) is 0 Å². The Morgan fingerprint density at radius 3 is 2.67 bits per heavy atom. The normalized spacial score (nSPS) is 11.8. The highest BCUT2D eigenvalue weighted by Gasteiger charge is 2.33. The number of halogens is 4. The van der Waals surface area contributed by atoms with Crippen molar-refractivity contribution in [2.75, 3.05) is 5.33 Å². The van der Waals surface area contributed by atoms with Crippen LogP contribution >= 0.6 is 15.9 Å². The second-order valence-corrected chi connectivity index (χ2v) is 4.22. The number of nitrogens with zero attached hydrogens (tertiary/aromatic N) is 1. The van der Waals surface area contributed by atoms with Gasteiger partial charge in [-0.25, -0.2) is 0 Å². The summed E-state index contributed by atoms with van der Waals surface area (Å²) in [4.78, 5) is 15.2. The lowest BCUT2D eigenvalue weighted by molar-refractivity contribution is -0.136. The van der Waals surface area contributed by atoms with E-state index in [4.69, 9.17) is 0 Å². The van der Waals surface area contributed by atoms with Gasteiger partial charge in [0.05, 0.1) is 16.4 Å². The molecule has 1 heterocycles. The summed E-state index contributed by atoms with van der Waals surface area (Å²) in [5, 5.41) is 0.413. The lowest BCUT2D eigenvalue weighted by Gasteiger charge is -2.09. The fourth-order valence-electron chi connectivity index (χ4n) is 1.62. The number of hydrogen-bond donors (Lipinski definition) is 0. The molecule has 0 amide bonds. The maximum absolute atomic E-state index is 12.7. The summed E-state index contributed by atoms with van der Waals surface area (Å²) < 4.78 is 38.2. The van der Waals surface area contributed by atoms with E-state index in [1.165, 1.54) is 24.4 Å². The summed E-state index contributed by atoms with van der Waals surface area (Å²) in [5.74, 6) is -0.221. The second-order valence-electron chi connectivity index (χ2n) is 3.66. The highest BCUT2D eigenvalue weighted by molar-refractivity contribution is 9.09. The summed E-state index contributed by atoms with van der Waals surface area (Å²) >= 11 is 3.00. The van der Waals surface area contributed by atoms with Crippen molar-refractivity contribution < 1.29 is 18.0 Å². The molecule has 94 valence electrons. The van der Waals surface area contributed by atoms with Crippen LogP contribution in [0.15, 0.2) is 30.5 Å². The van der Waals surface area contributed by atoms with Crippen LogP contribution in [0.5, 0.6) is 0 Å². The van der Waals surface area contributed by atoms with Gasteiger partial charge in [0.2, 0.25) is 0 Å². The molecular weight excluding hydrogens is 311 g/mol. The molecule has 0 spiro atoms. The molecular formula is C12H7BrF3NO. The molecule has 6 heteroatoms. The minimum absolute atomic E-state index is 0.110. The zero-order valence-electron chi connectivity index (χ0n) is 8.96. The predicted molar refractivity (Wildman–Crippen MR) is 64.9 cm³/mol. The van der Waals surface area contributed by atoms with Gasteiger partial charge in [-0.1, -0.05) is 28.1 Å². The fourth-order valence-corrected chi connectivity index (χ4v) is 1.94. The quantitative estimate of drug-likeness (QED) is 0.622. The maximum Gasteiger partial charge on any atom is 0.418 e. The van der Waals surface area contributed by atoms with Gasteiger partial charge in [-0.05, 0) is 12.1 Å². The summed E-state index contributed by atoms with van der Waals surface area (Å²) in [6.45, 7) is 0. The van der Waals surface area contributed by atoms with Crippen LogP contribution in [0.4, 0.5) is 13.2 Å². The lowest BCUT2D eigenvalue weighted by atomic mass is 10.1. The number of fused-ring (bicyclic) bond motifs is 1. The van der Waals surface area contributed by atoms with Crippen molar-refractivity contribution in [3.05, 3.63) is 41.6 Å². The van der Waals surface area contributed by atoms with Gasteiger partial charge in [0.15, 0.2) is 5.78 Å². The SMILES string of the molecule is O=C(CBr)c1cnc2c(C(F)(F)F)cccc2c1. The molecule has 0 fully saturated rings. The van der Waals surface area contributed by atoms with Gasteiger partial charge in [0.25, 0.3) is 0 Å². The van der Waals surface area contributed by atoms with Gasteiger partial charge in [0.1, 0.15) is 0 Å². The van der Waals surface area contributed by atoms with Crippen molar-refractivity contribution in [2.45, 2.75) is 6.18 Å².